The summed E-state index contributed by atoms with van der Waals surface area (Å²) >= 11 is 0. The highest BCUT2D eigenvalue weighted by Crippen LogP contribution is 2.23. The molecule has 2 aromatic rings. The number of rotatable bonds is 5. The fourth-order valence-corrected chi connectivity index (χ4v) is 1.42. The van der Waals surface area contributed by atoms with E-state index in [1.54, 1.807) is 0 Å². The number of hydrogen-bond acceptors (Lipinski definition) is 7. The van der Waals surface area contributed by atoms with E-state index in [2.05, 4.69) is 20.0 Å². The average Bonchev–Trinajstić information content (AvgIpc) is 2.88. The molecule has 19 heavy (non-hydrogen) atoms. The van der Waals surface area contributed by atoms with Crippen LogP contribution >= 0.6 is 0 Å². The summed E-state index contributed by atoms with van der Waals surface area (Å²) in [6, 6.07) is 3.44. The highest BCUT2D eigenvalue weighted by atomic mass is 16.6. The molecule has 0 aliphatic heterocycles. The summed E-state index contributed by atoms with van der Waals surface area (Å²) in [5, 5.41) is 25.9. The molecule has 0 unspecified atom stereocenters. The van der Waals surface area contributed by atoms with Crippen molar-refractivity contribution in [2.75, 3.05) is 5.32 Å². The number of hydrogen-bond donors (Lipinski definition) is 2. The molecule has 2 rings (SSSR count). The van der Waals surface area contributed by atoms with E-state index in [0.717, 1.165) is 18.5 Å². The van der Waals surface area contributed by atoms with Crippen molar-refractivity contribution in [3.63, 3.8) is 0 Å². The second-order valence-corrected chi connectivity index (χ2v) is 3.49. The van der Waals surface area contributed by atoms with Crippen molar-refractivity contribution in [1.82, 2.24) is 10.1 Å². The number of non-ortho nitro benzene ring substituents is 1. The summed E-state index contributed by atoms with van der Waals surface area (Å²) in [7, 11) is 0. The van der Waals surface area contributed by atoms with E-state index in [-0.39, 0.29) is 23.5 Å². The van der Waals surface area contributed by atoms with Crippen molar-refractivity contribution in [2.45, 2.75) is 6.54 Å². The van der Waals surface area contributed by atoms with Crippen LogP contribution in [0.2, 0.25) is 0 Å². The van der Waals surface area contributed by atoms with Gasteiger partial charge in [-0.1, -0.05) is 5.16 Å². The Bertz CT molecular complexity index is 610. The fourth-order valence-electron chi connectivity index (χ4n) is 1.42. The molecule has 0 spiro atoms. The number of aromatic carboxylic acids is 1. The predicted octanol–water partition coefficient (Wildman–Crippen LogP) is 1.29. The first-order valence-electron chi connectivity index (χ1n) is 5.09. The molecular formula is C10H8N4O5. The Hall–Kier alpha value is -2.97. The van der Waals surface area contributed by atoms with Crippen LogP contribution in [0, 0.1) is 10.1 Å². The van der Waals surface area contributed by atoms with E-state index in [0.29, 0.717) is 5.82 Å². The lowest BCUT2D eigenvalue weighted by Crippen LogP contribution is -2.07. The lowest BCUT2D eigenvalue weighted by Gasteiger charge is -2.07. The standard InChI is InChI=1S/C10H8N4O5/c15-10(16)7-2-1-6(14(17)18)3-8(7)11-4-9-12-5-19-13-9/h1-3,5,11H,4H2,(H,15,16). The SMILES string of the molecule is O=C(O)c1ccc([N+](=O)[O-])cc1NCc1ncon1. The predicted molar refractivity (Wildman–Crippen MR) is 61.7 cm³/mol. The third-order valence-electron chi connectivity index (χ3n) is 2.29. The number of nitro groups is 1. The Morgan fingerprint density at radius 1 is 1.53 bits per heavy atom. The quantitative estimate of drug-likeness (QED) is 0.609. The molecule has 0 bridgehead atoms. The zero-order chi connectivity index (χ0) is 13.8. The van der Waals surface area contributed by atoms with Gasteiger partial charge in [-0.25, -0.2) is 4.79 Å². The number of benzene rings is 1. The Balaban J connectivity index is 2.27. The Labute approximate surface area is 106 Å². The number of carboxylic acid groups (broad SMARTS) is 1. The third-order valence-corrected chi connectivity index (χ3v) is 2.29. The normalized spacial score (nSPS) is 10.1. The van der Waals surface area contributed by atoms with Gasteiger partial charge in [0.25, 0.3) is 5.69 Å². The van der Waals surface area contributed by atoms with Gasteiger partial charge in [0.2, 0.25) is 6.39 Å². The number of carboxylic acids is 1. The number of nitrogens with zero attached hydrogens (tertiary/aromatic N) is 3. The van der Waals surface area contributed by atoms with Gasteiger partial charge in [-0.3, -0.25) is 10.1 Å². The summed E-state index contributed by atoms with van der Waals surface area (Å²) in [6.07, 6.45) is 1.13. The lowest BCUT2D eigenvalue weighted by molar-refractivity contribution is -0.384. The number of anilines is 1. The summed E-state index contributed by atoms with van der Waals surface area (Å²) in [6.45, 7) is 0.0952. The zero-order valence-corrected chi connectivity index (χ0v) is 9.44. The fraction of sp³-hybridized carbons (Fsp3) is 0.100. The van der Waals surface area contributed by atoms with Gasteiger partial charge in [-0.2, -0.15) is 4.98 Å². The molecule has 1 heterocycles. The van der Waals surface area contributed by atoms with E-state index >= 15 is 0 Å². The van der Waals surface area contributed by atoms with Crippen LogP contribution in [-0.2, 0) is 6.54 Å². The summed E-state index contributed by atoms with van der Waals surface area (Å²) in [4.78, 5) is 24.8. The molecule has 1 aromatic carbocycles. The number of nitro benzene ring substituents is 1. The number of carbonyl (C=O) groups is 1. The topological polar surface area (TPSA) is 131 Å². The molecule has 0 saturated carbocycles. The highest BCUT2D eigenvalue weighted by molar-refractivity contribution is 5.94. The van der Waals surface area contributed by atoms with Gasteiger partial charge < -0.3 is 14.9 Å². The third kappa shape index (κ3) is 2.83. The van der Waals surface area contributed by atoms with Gasteiger partial charge in [-0.15, -0.1) is 0 Å². The first-order valence-corrected chi connectivity index (χ1v) is 5.09. The van der Waals surface area contributed by atoms with E-state index in [4.69, 9.17) is 5.11 Å². The minimum Gasteiger partial charge on any atom is -0.478 e. The smallest absolute Gasteiger partial charge is 0.337 e. The van der Waals surface area contributed by atoms with Crippen LogP contribution in [0.15, 0.2) is 29.1 Å². The molecule has 98 valence electrons. The van der Waals surface area contributed by atoms with Gasteiger partial charge >= 0.3 is 5.97 Å². The Morgan fingerprint density at radius 3 is 2.89 bits per heavy atom. The summed E-state index contributed by atoms with van der Waals surface area (Å²) in [5.74, 6) is -0.881. The molecule has 2 N–H and O–H groups in total. The van der Waals surface area contributed by atoms with Crippen LogP contribution in [0.3, 0.4) is 0 Å². The molecule has 0 fully saturated rings. The van der Waals surface area contributed by atoms with E-state index in [1.807, 2.05) is 0 Å². The second-order valence-electron chi connectivity index (χ2n) is 3.49. The van der Waals surface area contributed by atoms with E-state index in [9.17, 15) is 14.9 Å². The van der Waals surface area contributed by atoms with Crippen molar-refractivity contribution in [2.24, 2.45) is 0 Å². The van der Waals surface area contributed by atoms with Gasteiger partial charge in [-0.05, 0) is 6.07 Å². The minimum atomic E-state index is -1.19. The molecule has 9 heteroatoms. The molecule has 0 saturated heterocycles. The van der Waals surface area contributed by atoms with Crippen LogP contribution in [-0.4, -0.2) is 26.1 Å². The van der Waals surface area contributed by atoms with Crippen molar-refractivity contribution >= 4 is 17.3 Å². The zero-order valence-electron chi connectivity index (χ0n) is 9.44. The monoisotopic (exact) mass is 264 g/mol. The van der Waals surface area contributed by atoms with Crippen LogP contribution in [0.4, 0.5) is 11.4 Å². The van der Waals surface area contributed by atoms with Crippen LogP contribution < -0.4 is 5.32 Å². The number of aromatic nitrogens is 2. The molecule has 0 aliphatic rings. The molecule has 0 amide bonds. The molecule has 0 radical (unpaired) electrons. The average molecular weight is 264 g/mol. The Kier molecular flexibility index (Phi) is 3.37. The van der Waals surface area contributed by atoms with Gasteiger partial charge in [0.05, 0.1) is 22.7 Å². The van der Waals surface area contributed by atoms with Crippen LogP contribution in [0.5, 0.6) is 0 Å². The van der Waals surface area contributed by atoms with Gasteiger partial charge in [0, 0.05) is 12.1 Å². The maximum Gasteiger partial charge on any atom is 0.337 e. The summed E-state index contributed by atoms with van der Waals surface area (Å²) < 4.78 is 4.52. The largest absolute Gasteiger partial charge is 0.478 e. The molecule has 1 aromatic heterocycles. The van der Waals surface area contributed by atoms with E-state index in [1.165, 1.54) is 6.07 Å². The van der Waals surface area contributed by atoms with Gasteiger partial charge in [0.1, 0.15) is 0 Å². The first-order chi connectivity index (χ1) is 9.08. The number of nitrogens with one attached hydrogen (secondary N) is 1. The van der Waals surface area contributed by atoms with Crippen molar-refractivity contribution < 1.29 is 19.3 Å². The van der Waals surface area contributed by atoms with Crippen molar-refractivity contribution in [3.05, 3.63) is 46.1 Å². The Morgan fingerprint density at radius 2 is 2.32 bits per heavy atom. The lowest BCUT2D eigenvalue weighted by atomic mass is 10.1. The summed E-state index contributed by atoms with van der Waals surface area (Å²) in [5.41, 5.74) is -0.166. The van der Waals surface area contributed by atoms with Crippen LogP contribution in [0.1, 0.15) is 16.2 Å². The van der Waals surface area contributed by atoms with E-state index < -0.39 is 10.9 Å². The maximum absolute atomic E-state index is 11.0. The molecular weight excluding hydrogens is 256 g/mol. The minimum absolute atomic E-state index is 0.0749. The first kappa shape index (κ1) is 12.5. The molecule has 0 atom stereocenters. The van der Waals surface area contributed by atoms with Crippen LogP contribution in [0.25, 0.3) is 0 Å². The van der Waals surface area contributed by atoms with Gasteiger partial charge in [0.15, 0.2) is 5.82 Å². The maximum atomic E-state index is 11.0. The highest BCUT2D eigenvalue weighted by Gasteiger charge is 2.15. The molecule has 9 nitrogen and oxygen atoms in total. The van der Waals surface area contributed by atoms with Crippen molar-refractivity contribution in [3.8, 4) is 0 Å². The second kappa shape index (κ2) is 5.12. The molecule has 0 aliphatic carbocycles. The van der Waals surface area contributed by atoms with Crippen molar-refractivity contribution in [1.29, 1.82) is 0 Å².